The molecule has 1 saturated heterocycles. The van der Waals surface area contributed by atoms with Gasteiger partial charge in [0.1, 0.15) is 6.26 Å². The van der Waals surface area contributed by atoms with Gasteiger partial charge >= 0.3 is 16.4 Å². The van der Waals surface area contributed by atoms with E-state index in [0.717, 1.165) is 22.7 Å². The van der Waals surface area contributed by atoms with E-state index in [9.17, 15) is 26.4 Å². The summed E-state index contributed by atoms with van der Waals surface area (Å²) in [5.74, 6) is -1.07. The normalized spacial score (nSPS) is 18.2. The average molecular weight is 478 g/mol. The number of amides is 1. The molecule has 176 valence electrons. The number of benzene rings is 1. The molecule has 0 unspecified atom stereocenters. The van der Waals surface area contributed by atoms with Crippen molar-refractivity contribution in [1.82, 2.24) is 14.0 Å². The lowest BCUT2D eigenvalue weighted by Crippen LogP contribution is -2.47. The van der Waals surface area contributed by atoms with E-state index in [1.54, 1.807) is 6.92 Å². The number of rotatable bonds is 6. The second-order valence-electron chi connectivity index (χ2n) is 6.92. The summed E-state index contributed by atoms with van der Waals surface area (Å²) in [5.41, 5.74) is -0.718. The van der Waals surface area contributed by atoms with Crippen molar-refractivity contribution < 1.29 is 40.3 Å². The molecule has 0 spiro atoms. The quantitative estimate of drug-likeness (QED) is 0.647. The van der Waals surface area contributed by atoms with Gasteiger partial charge in [0, 0.05) is 25.9 Å². The molecule has 0 aliphatic carbocycles. The summed E-state index contributed by atoms with van der Waals surface area (Å²) in [5, 5.41) is 2.56. The Kier molecular flexibility index (Phi) is 7.07. The molecule has 10 nitrogen and oxygen atoms in total. The second-order valence-corrected chi connectivity index (χ2v) is 8.59. The Morgan fingerprint density at radius 1 is 1.34 bits per heavy atom. The summed E-state index contributed by atoms with van der Waals surface area (Å²) in [4.78, 5) is 16.2. The lowest BCUT2D eigenvalue weighted by molar-refractivity contribution is -0.137. The van der Waals surface area contributed by atoms with Gasteiger partial charge in [0.25, 0.3) is 11.9 Å². The molecular weight excluding hydrogens is 457 g/mol. The summed E-state index contributed by atoms with van der Waals surface area (Å²) < 4.78 is 82.3. The van der Waals surface area contributed by atoms with Gasteiger partial charge in [-0.1, -0.05) is 6.07 Å². The molecule has 1 aromatic heterocycles. The highest BCUT2D eigenvalue weighted by molar-refractivity contribution is 7.87. The van der Waals surface area contributed by atoms with Crippen LogP contribution in [0.3, 0.4) is 0 Å². The van der Waals surface area contributed by atoms with Crippen LogP contribution in [0.2, 0.25) is 0 Å². The zero-order chi connectivity index (χ0) is 23.5. The number of methoxy groups -OCH3 is 1. The molecule has 2 aromatic rings. The van der Waals surface area contributed by atoms with Crippen molar-refractivity contribution in [2.45, 2.75) is 19.2 Å². The smallest absolute Gasteiger partial charge is 0.416 e. The maximum Gasteiger partial charge on any atom is 0.416 e. The van der Waals surface area contributed by atoms with Crippen molar-refractivity contribution in [3.05, 3.63) is 41.3 Å². The zero-order valence-electron chi connectivity index (χ0n) is 17.1. The number of aromatic nitrogens is 1. The second kappa shape index (κ2) is 9.44. The summed E-state index contributed by atoms with van der Waals surface area (Å²) in [7, 11) is -2.81. The Balaban J connectivity index is 1.71. The van der Waals surface area contributed by atoms with E-state index in [4.69, 9.17) is 13.9 Å². The van der Waals surface area contributed by atoms with Crippen LogP contribution in [-0.2, 0) is 25.9 Å². The molecule has 1 fully saturated rings. The number of carbonyl (C=O) groups is 1. The number of nitrogens with one attached hydrogen (secondary N) is 2. The molecule has 2 heterocycles. The van der Waals surface area contributed by atoms with E-state index in [1.165, 1.54) is 13.2 Å². The number of alkyl halides is 3. The third-order valence-corrected chi connectivity index (χ3v) is 6.09. The highest BCUT2D eigenvalue weighted by atomic mass is 32.2. The van der Waals surface area contributed by atoms with Gasteiger partial charge in [0.15, 0.2) is 5.69 Å². The van der Waals surface area contributed by atoms with Crippen molar-refractivity contribution in [2.24, 2.45) is 0 Å². The molecule has 2 N–H and O–H groups in total. The molecule has 14 heteroatoms. The van der Waals surface area contributed by atoms with Crippen LogP contribution in [0.4, 0.5) is 24.9 Å². The summed E-state index contributed by atoms with van der Waals surface area (Å²) in [6.45, 7) is 1.92. The molecular formula is C18H21F3N4O6S. The van der Waals surface area contributed by atoms with Gasteiger partial charge in [-0.3, -0.25) is 4.79 Å². The number of halogens is 3. The number of anilines is 2. The van der Waals surface area contributed by atoms with Gasteiger partial charge in [-0.25, -0.2) is 4.72 Å². The number of hydrogen-bond acceptors (Lipinski definition) is 8. The molecule has 1 atom stereocenters. The Morgan fingerprint density at radius 2 is 2.09 bits per heavy atom. The molecule has 32 heavy (non-hydrogen) atoms. The highest BCUT2D eigenvalue weighted by Gasteiger charge is 2.32. The monoisotopic (exact) mass is 478 g/mol. The van der Waals surface area contributed by atoms with Gasteiger partial charge in [0.05, 0.1) is 24.9 Å². The zero-order valence-corrected chi connectivity index (χ0v) is 17.9. The SMILES string of the molecule is CO[C@H]1COCCN(S(=O)(=O)NC(=O)c2coc(Nc3cc(C(F)(F)F)ccc3C)n2)C1. The predicted octanol–water partition coefficient (Wildman–Crippen LogP) is 2.07. The Bertz CT molecular complexity index is 1070. The van der Waals surface area contributed by atoms with E-state index in [2.05, 4.69) is 10.3 Å². The summed E-state index contributed by atoms with van der Waals surface area (Å²) in [6, 6.07) is 2.80. The van der Waals surface area contributed by atoms with Gasteiger partial charge in [-0.05, 0) is 24.6 Å². The highest BCUT2D eigenvalue weighted by Crippen LogP contribution is 2.32. The number of oxazole rings is 1. The van der Waals surface area contributed by atoms with Gasteiger partial charge in [-0.15, -0.1) is 0 Å². The number of carbonyl (C=O) groups excluding carboxylic acids is 1. The minimum Gasteiger partial charge on any atom is -0.431 e. The summed E-state index contributed by atoms with van der Waals surface area (Å²) >= 11 is 0. The number of hydrogen-bond donors (Lipinski definition) is 2. The van der Waals surface area contributed by atoms with E-state index >= 15 is 0 Å². The third-order valence-electron chi connectivity index (χ3n) is 4.63. The van der Waals surface area contributed by atoms with Crippen LogP contribution in [0.1, 0.15) is 21.6 Å². The van der Waals surface area contributed by atoms with Gasteiger partial charge < -0.3 is 19.2 Å². The molecule has 0 saturated carbocycles. The Morgan fingerprint density at radius 3 is 2.78 bits per heavy atom. The fraction of sp³-hybridized carbons (Fsp3) is 0.444. The van der Waals surface area contributed by atoms with Crippen molar-refractivity contribution in [1.29, 1.82) is 0 Å². The van der Waals surface area contributed by atoms with Crippen LogP contribution >= 0.6 is 0 Å². The average Bonchev–Trinajstić information content (AvgIpc) is 3.03. The van der Waals surface area contributed by atoms with Gasteiger partial charge in [0.2, 0.25) is 0 Å². The van der Waals surface area contributed by atoms with Crippen LogP contribution in [-0.4, -0.2) is 63.1 Å². The minimum absolute atomic E-state index is 0.0143. The van der Waals surface area contributed by atoms with Gasteiger partial charge in [-0.2, -0.15) is 30.9 Å². The first-order valence-corrected chi connectivity index (χ1v) is 10.8. The maximum atomic E-state index is 12.9. The molecule has 1 aliphatic rings. The Hall–Kier alpha value is -2.68. The van der Waals surface area contributed by atoms with Crippen LogP contribution in [0.15, 0.2) is 28.9 Å². The molecule has 0 radical (unpaired) electrons. The van der Waals surface area contributed by atoms with Crippen LogP contribution in [0, 0.1) is 6.92 Å². The molecule has 3 rings (SSSR count). The summed E-state index contributed by atoms with van der Waals surface area (Å²) in [6.07, 6.45) is -4.15. The van der Waals surface area contributed by atoms with Crippen LogP contribution in [0.5, 0.6) is 0 Å². The van der Waals surface area contributed by atoms with E-state index in [-0.39, 0.29) is 43.7 Å². The van der Waals surface area contributed by atoms with E-state index < -0.39 is 34.0 Å². The van der Waals surface area contributed by atoms with Crippen LogP contribution in [0.25, 0.3) is 0 Å². The fourth-order valence-corrected chi connectivity index (χ4v) is 3.98. The number of ether oxygens (including phenoxy) is 2. The number of aryl methyl sites for hydroxylation is 1. The maximum absolute atomic E-state index is 12.9. The van der Waals surface area contributed by atoms with Crippen molar-refractivity contribution in [2.75, 3.05) is 38.7 Å². The fourth-order valence-electron chi connectivity index (χ4n) is 2.83. The first-order chi connectivity index (χ1) is 15.0. The molecule has 1 aromatic carbocycles. The molecule has 1 amide bonds. The van der Waals surface area contributed by atoms with E-state index in [0.29, 0.717) is 5.56 Å². The standard InChI is InChI=1S/C18H21F3N4O6S/c1-11-3-4-12(18(19,20)21)7-14(11)22-17-23-15(10-31-17)16(26)24-32(27,28)25-5-6-30-9-13(8-25)29-2/h3-4,7,10,13H,5-6,8-9H2,1-2H3,(H,22,23)(H,24,26)/t13-/m1/s1. The minimum atomic E-state index is -4.54. The number of nitrogens with zero attached hydrogens (tertiary/aromatic N) is 2. The van der Waals surface area contributed by atoms with Crippen molar-refractivity contribution in [3.8, 4) is 0 Å². The van der Waals surface area contributed by atoms with E-state index in [1.807, 2.05) is 4.72 Å². The third kappa shape index (κ3) is 5.76. The lowest BCUT2D eigenvalue weighted by atomic mass is 10.1. The lowest BCUT2D eigenvalue weighted by Gasteiger charge is -2.22. The van der Waals surface area contributed by atoms with Crippen LogP contribution < -0.4 is 10.0 Å². The largest absolute Gasteiger partial charge is 0.431 e. The van der Waals surface area contributed by atoms with Crippen molar-refractivity contribution in [3.63, 3.8) is 0 Å². The first-order valence-electron chi connectivity index (χ1n) is 9.33. The topological polar surface area (TPSA) is 123 Å². The molecule has 1 aliphatic heterocycles. The van der Waals surface area contributed by atoms with Crippen molar-refractivity contribution >= 4 is 27.8 Å². The predicted molar refractivity (Wildman–Crippen MR) is 106 cm³/mol. The molecule has 0 bridgehead atoms. The Labute approximate surface area is 181 Å². The first kappa shape index (κ1) is 24.0.